The molecule has 0 bridgehead atoms. The summed E-state index contributed by atoms with van der Waals surface area (Å²) < 4.78 is 0. The van der Waals surface area contributed by atoms with Crippen LogP contribution in [0.2, 0.25) is 12.1 Å². The minimum absolute atomic E-state index is 0.742. The molecule has 0 aliphatic rings. The molecule has 0 spiro atoms. The average molecular weight is 227 g/mol. The molecule has 0 aromatic heterocycles. The maximum Gasteiger partial charge on any atom is 0.0719 e. The maximum atomic E-state index is 5.86. The highest BCUT2D eigenvalue weighted by Gasteiger charge is 2.11. The van der Waals surface area contributed by atoms with E-state index in [4.69, 9.17) is 11.6 Å². The molecule has 78 valence electrons. The Kier molecular flexibility index (Phi) is 5.96. The number of benzene rings is 1. The van der Waals surface area contributed by atoms with Gasteiger partial charge in [-0.25, -0.2) is 0 Å². The molecular formula is C12H19ClSi. The zero-order valence-electron chi connectivity index (χ0n) is 8.88. The Morgan fingerprint density at radius 3 is 2.43 bits per heavy atom. The van der Waals surface area contributed by atoms with Crippen LogP contribution in [0.4, 0.5) is 0 Å². The molecule has 0 nitrogen and oxygen atoms in total. The van der Waals surface area contributed by atoms with Gasteiger partial charge in [-0.2, -0.15) is 0 Å². The fourth-order valence-electron chi connectivity index (χ4n) is 1.79. The summed E-state index contributed by atoms with van der Waals surface area (Å²) in [4.78, 5) is 0. The van der Waals surface area contributed by atoms with Crippen LogP contribution in [0, 0.1) is 0 Å². The lowest BCUT2D eigenvalue weighted by Gasteiger charge is -2.13. The van der Waals surface area contributed by atoms with E-state index in [1.54, 1.807) is 5.19 Å². The molecule has 0 radical (unpaired) electrons. The van der Waals surface area contributed by atoms with Crippen LogP contribution in [0.5, 0.6) is 0 Å². The first kappa shape index (κ1) is 11.8. The molecule has 0 aliphatic heterocycles. The van der Waals surface area contributed by atoms with Crippen molar-refractivity contribution in [3.05, 3.63) is 30.3 Å². The highest BCUT2D eigenvalue weighted by atomic mass is 35.5. The van der Waals surface area contributed by atoms with Crippen molar-refractivity contribution >= 4 is 25.6 Å². The Hall–Kier alpha value is -0.273. The second kappa shape index (κ2) is 7.08. The standard InChI is InChI=1S/C12H19ClSi/c1-2-3-10-14(11-9-13)12-7-5-4-6-8-12/h4-8,14H,2-3,9-11H2,1H3. The highest BCUT2D eigenvalue weighted by Crippen LogP contribution is 2.07. The Balaban J connectivity index is 2.58. The monoisotopic (exact) mass is 226 g/mol. The predicted octanol–water partition coefficient (Wildman–Crippen LogP) is 3.16. The van der Waals surface area contributed by atoms with E-state index in [2.05, 4.69) is 37.3 Å². The van der Waals surface area contributed by atoms with Crippen molar-refractivity contribution in [3.63, 3.8) is 0 Å². The van der Waals surface area contributed by atoms with Crippen LogP contribution >= 0.6 is 11.6 Å². The molecule has 1 unspecified atom stereocenters. The van der Waals surface area contributed by atoms with Gasteiger partial charge in [0.25, 0.3) is 0 Å². The normalized spacial score (nSPS) is 12.7. The predicted molar refractivity (Wildman–Crippen MR) is 68.5 cm³/mol. The summed E-state index contributed by atoms with van der Waals surface area (Å²) in [6.45, 7) is 2.26. The second-order valence-electron chi connectivity index (χ2n) is 3.73. The van der Waals surface area contributed by atoms with Crippen molar-refractivity contribution in [2.45, 2.75) is 31.9 Å². The quantitative estimate of drug-likeness (QED) is 0.517. The first-order valence-corrected chi connectivity index (χ1v) is 8.24. The average Bonchev–Trinajstić information content (AvgIpc) is 2.25. The van der Waals surface area contributed by atoms with Crippen LogP contribution in [-0.2, 0) is 0 Å². The zero-order chi connectivity index (χ0) is 10.2. The number of alkyl halides is 1. The van der Waals surface area contributed by atoms with Gasteiger partial charge in [0.15, 0.2) is 0 Å². The zero-order valence-corrected chi connectivity index (χ0v) is 10.8. The molecule has 0 N–H and O–H groups in total. The lowest BCUT2D eigenvalue weighted by molar-refractivity contribution is 0.874. The van der Waals surface area contributed by atoms with Crippen molar-refractivity contribution < 1.29 is 0 Å². The third-order valence-electron chi connectivity index (χ3n) is 2.63. The van der Waals surface area contributed by atoms with Gasteiger partial charge in [-0.05, 0) is 6.04 Å². The Morgan fingerprint density at radius 1 is 1.14 bits per heavy atom. The third kappa shape index (κ3) is 3.85. The second-order valence-corrected chi connectivity index (χ2v) is 7.32. The first-order valence-electron chi connectivity index (χ1n) is 5.49. The molecule has 0 saturated carbocycles. The van der Waals surface area contributed by atoms with Gasteiger partial charge in [-0.1, -0.05) is 61.3 Å². The largest absolute Gasteiger partial charge is 0.127 e. The fourth-order valence-corrected chi connectivity index (χ4v) is 5.46. The minimum Gasteiger partial charge on any atom is -0.127 e. The van der Waals surface area contributed by atoms with Crippen LogP contribution in [0.25, 0.3) is 0 Å². The van der Waals surface area contributed by atoms with Crippen LogP contribution in [0.15, 0.2) is 30.3 Å². The fraction of sp³-hybridized carbons (Fsp3) is 0.500. The molecule has 0 heterocycles. The van der Waals surface area contributed by atoms with E-state index in [0.29, 0.717) is 0 Å². The smallest absolute Gasteiger partial charge is 0.0719 e. The summed E-state index contributed by atoms with van der Waals surface area (Å²) in [7, 11) is -0.742. The molecular weight excluding hydrogens is 208 g/mol. The van der Waals surface area contributed by atoms with E-state index in [9.17, 15) is 0 Å². The summed E-state index contributed by atoms with van der Waals surface area (Å²) in [5.41, 5.74) is 0. The molecule has 0 saturated heterocycles. The summed E-state index contributed by atoms with van der Waals surface area (Å²) in [6, 6.07) is 13.6. The van der Waals surface area contributed by atoms with Crippen LogP contribution in [0.1, 0.15) is 19.8 Å². The highest BCUT2D eigenvalue weighted by molar-refractivity contribution is 6.73. The SMILES string of the molecule is CCCC[SiH](CCCl)c1ccccc1. The van der Waals surface area contributed by atoms with Crippen molar-refractivity contribution in [1.82, 2.24) is 0 Å². The molecule has 1 atom stereocenters. The van der Waals surface area contributed by atoms with Crippen molar-refractivity contribution in [2.75, 3.05) is 5.88 Å². The summed E-state index contributed by atoms with van der Waals surface area (Å²) in [6.07, 6.45) is 2.67. The number of unbranched alkanes of at least 4 members (excludes halogenated alkanes) is 1. The molecule has 1 aromatic carbocycles. The topological polar surface area (TPSA) is 0 Å². The number of rotatable bonds is 6. The number of hydrogen-bond donors (Lipinski definition) is 0. The van der Waals surface area contributed by atoms with Crippen LogP contribution in [-0.4, -0.2) is 14.7 Å². The molecule has 0 amide bonds. The van der Waals surface area contributed by atoms with Gasteiger partial charge in [0.05, 0.1) is 8.80 Å². The van der Waals surface area contributed by atoms with Gasteiger partial charge < -0.3 is 0 Å². The van der Waals surface area contributed by atoms with Crippen molar-refractivity contribution in [2.24, 2.45) is 0 Å². The Morgan fingerprint density at radius 2 is 1.86 bits per heavy atom. The molecule has 1 rings (SSSR count). The number of hydrogen-bond acceptors (Lipinski definition) is 0. The molecule has 1 aromatic rings. The van der Waals surface area contributed by atoms with E-state index in [0.717, 1.165) is 5.88 Å². The van der Waals surface area contributed by atoms with Gasteiger partial charge in [0.1, 0.15) is 0 Å². The maximum absolute atomic E-state index is 5.86. The summed E-state index contributed by atoms with van der Waals surface area (Å²) >= 11 is 5.86. The summed E-state index contributed by atoms with van der Waals surface area (Å²) in [5, 5.41) is 1.58. The van der Waals surface area contributed by atoms with Gasteiger partial charge in [-0.3, -0.25) is 0 Å². The third-order valence-corrected chi connectivity index (χ3v) is 6.64. The Labute approximate surface area is 93.9 Å². The van der Waals surface area contributed by atoms with Crippen LogP contribution < -0.4 is 5.19 Å². The van der Waals surface area contributed by atoms with Gasteiger partial charge in [-0.15, -0.1) is 11.6 Å². The van der Waals surface area contributed by atoms with E-state index in [-0.39, 0.29) is 0 Å². The Bertz CT molecular complexity index is 235. The van der Waals surface area contributed by atoms with Crippen molar-refractivity contribution in [3.8, 4) is 0 Å². The van der Waals surface area contributed by atoms with E-state index < -0.39 is 8.80 Å². The van der Waals surface area contributed by atoms with Gasteiger partial charge >= 0.3 is 0 Å². The number of halogens is 1. The lowest BCUT2D eigenvalue weighted by atomic mass is 10.4. The lowest BCUT2D eigenvalue weighted by Crippen LogP contribution is -2.29. The molecule has 2 heteroatoms. The molecule has 0 fully saturated rings. The minimum atomic E-state index is -0.742. The van der Waals surface area contributed by atoms with Crippen LogP contribution in [0.3, 0.4) is 0 Å². The van der Waals surface area contributed by atoms with Crippen molar-refractivity contribution in [1.29, 1.82) is 0 Å². The first-order chi connectivity index (χ1) is 6.88. The van der Waals surface area contributed by atoms with Gasteiger partial charge in [0.2, 0.25) is 0 Å². The van der Waals surface area contributed by atoms with E-state index in [1.807, 2.05) is 0 Å². The molecule has 0 aliphatic carbocycles. The van der Waals surface area contributed by atoms with Gasteiger partial charge in [0, 0.05) is 5.88 Å². The summed E-state index contributed by atoms with van der Waals surface area (Å²) in [5.74, 6) is 0.829. The van der Waals surface area contributed by atoms with E-state index >= 15 is 0 Å². The molecule has 14 heavy (non-hydrogen) atoms. The van der Waals surface area contributed by atoms with E-state index in [1.165, 1.54) is 24.9 Å².